The molecule has 1 unspecified atom stereocenters. The minimum atomic E-state index is -3.72. The molecule has 0 aliphatic carbocycles. The summed E-state index contributed by atoms with van der Waals surface area (Å²) in [6.07, 6.45) is 0.0625. The van der Waals surface area contributed by atoms with Gasteiger partial charge in [0.2, 0.25) is 5.91 Å². The van der Waals surface area contributed by atoms with Crippen molar-refractivity contribution in [1.29, 1.82) is 5.26 Å². The van der Waals surface area contributed by atoms with Gasteiger partial charge in [0.15, 0.2) is 9.84 Å². The van der Waals surface area contributed by atoms with E-state index in [0.717, 1.165) is 12.1 Å². The molecular weight excluding hydrogens is 488 g/mol. The number of nitrogens with one attached hydrogen (secondary N) is 2. The molecule has 2 aliphatic rings. The Morgan fingerprint density at radius 1 is 1.19 bits per heavy atom. The van der Waals surface area contributed by atoms with Crippen LogP contribution in [0.4, 0.5) is 8.78 Å². The van der Waals surface area contributed by atoms with Crippen LogP contribution < -0.4 is 10.6 Å². The number of hydrogen-bond acceptors (Lipinski definition) is 6. The molecule has 0 bridgehead atoms. The monoisotopic (exact) mass is 517 g/mol. The number of rotatable bonds is 6. The molecule has 2 heterocycles. The Bertz CT molecular complexity index is 1260. The molecule has 4 rings (SSSR count). The molecule has 36 heavy (non-hydrogen) atoms. The van der Waals surface area contributed by atoms with E-state index in [0.29, 0.717) is 5.56 Å². The van der Waals surface area contributed by atoms with Crippen molar-refractivity contribution >= 4 is 15.7 Å². The van der Waals surface area contributed by atoms with E-state index in [1.807, 2.05) is 6.07 Å². The lowest BCUT2D eigenvalue weighted by atomic mass is 9.72. The second-order valence-electron chi connectivity index (χ2n) is 9.39. The Kier molecular flexibility index (Phi) is 7.73. The summed E-state index contributed by atoms with van der Waals surface area (Å²) in [7, 11) is -3.72. The lowest BCUT2D eigenvalue weighted by Crippen LogP contribution is -2.53. The first-order chi connectivity index (χ1) is 17.2. The first-order valence-corrected chi connectivity index (χ1v) is 13.5. The Morgan fingerprint density at radius 2 is 1.89 bits per heavy atom. The van der Waals surface area contributed by atoms with Gasteiger partial charge in [0.05, 0.1) is 22.0 Å². The number of nitriles is 1. The van der Waals surface area contributed by atoms with Crippen molar-refractivity contribution in [2.45, 2.75) is 48.1 Å². The van der Waals surface area contributed by atoms with Gasteiger partial charge < -0.3 is 15.4 Å². The van der Waals surface area contributed by atoms with E-state index in [4.69, 9.17) is 10.00 Å². The van der Waals surface area contributed by atoms with Gasteiger partial charge >= 0.3 is 0 Å². The number of carbonyl (C=O) groups excluding carboxylic acids is 1. The first-order valence-electron chi connectivity index (χ1n) is 11.9. The van der Waals surface area contributed by atoms with Crippen LogP contribution in [0.15, 0.2) is 42.5 Å². The Labute approximate surface area is 209 Å². The Hall–Kier alpha value is -2.87. The molecule has 192 valence electrons. The summed E-state index contributed by atoms with van der Waals surface area (Å²) in [5, 5.41) is 12.8. The third-order valence-corrected chi connectivity index (χ3v) is 10.0. The van der Waals surface area contributed by atoms with Gasteiger partial charge in [-0.3, -0.25) is 4.79 Å². The topological polar surface area (TPSA) is 108 Å². The van der Waals surface area contributed by atoms with E-state index >= 15 is 8.78 Å². The number of halogens is 2. The Balaban J connectivity index is 1.67. The molecule has 2 N–H and O–H groups in total. The van der Waals surface area contributed by atoms with Crippen LogP contribution in [-0.4, -0.2) is 51.9 Å². The molecule has 7 nitrogen and oxygen atoms in total. The smallest absolute Gasteiger partial charge is 0.231 e. The fraction of sp³-hybridized carbons (Fsp3) is 0.462. The summed E-state index contributed by atoms with van der Waals surface area (Å²) in [5.41, 5.74) is -0.897. The molecule has 0 saturated carbocycles. The van der Waals surface area contributed by atoms with E-state index in [9.17, 15) is 13.2 Å². The molecule has 10 heteroatoms. The van der Waals surface area contributed by atoms with Crippen LogP contribution in [-0.2, 0) is 31.2 Å². The van der Waals surface area contributed by atoms with Gasteiger partial charge in [0, 0.05) is 31.4 Å². The predicted octanol–water partition coefficient (Wildman–Crippen LogP) is 2.71. The standard InChI is InChI=1S/C26H29F2N3O4S/c1-17-23(36(33,34)24(16-31-17)18-5-3-2-4-6-18)14-19-13-22(28)20(15-21(19)27)26(7-11-35-12-8-26)25(32)30-10-9-29/h2-6,13,15,17,23-24,31H,7-8,10-12,14,16H2,1H3,(H,30,32)/t17-,23?,24-/m0/s1. The molecule has 0 radical (unpaired) electrons. The number of nitrogens with zero attached hydrogens (tertiary/aromatic N) is 1. The fourth-order valence-corrected chi connectivity index (χ4v) is 7.62. The number of sulfone groups is 1. The second-order valence-corrected chi connectivity index (χ2v) is 11.7. The van der Waals surface area contributed by atoms with Gasteiger partial charge in [-0.05, 0) is 49.4 Å². The van der Waals surface area contributed by atoms with Gasteiger partial charge in [-0.2, -0.15) is 5.26 Å². The Morgan fingerprint density at radius 3 is 2.56 bits per heavy atom. The fourth-order valence-electron chi connectivity index (χ4n) is 5.26. The highest BCUT2D eigenvalue weighted by Gasteiger charge is 2.45. The zero-order valence-electron chi connectivity index (χ0n) is 20.0. The predicted molar refractivity (Wildman–Crippen MR) is 130 cm³/mol. The summed E-state index contributed by atoms with van der Waals surface area (Å²) < 4.78 is 63.3. The van der Waals surface area contributed by atoms with E-state index in [1.54, 1.807) is 37.3 Å². The van der Waals surface area contributed by atoms with Gasteiger partial charge in [-0.1, -0.05) is 30.3 Å². The van der Waals surface area contributed by atoms with Crippen molar-refractivity contribution < 1.29 is 26.7 Å². The van der Waals surface area contributed by atoms with E-state index in [-0.39, 0.29) is 56.7 Å². The molecule has 2 saturated heterocycles. The molecule has 2 aromatic carbocycles. The molecule has 0 spiro atoms. The molecule has 2 fully saturated rings. The summed E-state index contributed by atoms with van der Waals surface area (Å²) in [4.78, 5) is 12.9. The van der Waals surface area contributed by atoms with Crippen LogP contribution in [0.1, 0.15) is 41.7 Å². The largest absolute Gasteiger partial charge is 0.381 e. The number of amides is 1. The molecule has 2 aliphatic heterocycles. The highest BCUT2D eigenvalue weighted by atomic mass is 32.2. The molecule has 0 aromatic heterocycles. The highest BCUT2D eigenvalue weighted by Crippen LogP contribution is 2.39. The third-order valence-electron chi connectivity index (χ3n) is 7.35. The van der Waals surface area contributed by atoms with Crippen molar-refractivity contribution in [2.24, 2.45) is 0 Å². The molecule has 2 aromatic rings. The van der Waals surface area contributed by atoms with Crippen LogP contribution in [0, 0.1) is 23.0 Å². The van der Waals surface area contributed by atoms with Crippen molar-refractivity contribution in [3.63, 3.8) is 0 Å². The number of carbonyl (C=O) groups is 1. The number of benzene rings is 2. The van der Waals surface area contributed by atoms with Crippen molar-refractivity contribution in [2.75, 3.05) is 26.3 Å². The second kappa shape index (κ2) is 10.6. The van der Waals surface area contributed by atoms with Crippen LogP contribution in [0.3, 0.4) is 0 Å². The van der Waals surface area contributed by atoms with Crippen molar-refractivity contribution in [3.05, 3.63) is 70.8 Å². The quantitative estimate of drug-likeness (QED) is 0.571. The van der Waals surface area contributed by atoms with E-state index in [1.165, 1.54) is 0 Å². The summed E-state index contributed by atoms with van der Waals surface area (Å²) >= 11 is 0. The van der Waals surface area contributed by atoms with Crippen molar-refractivity contribution in [3.8, 4) is 6.07 Å². The maximum absolute atomic E-state index is 15.5. The molecule has 3 atom stereocenters. The van der Waals surface area contributed by atoms with E-state index < -0.39 is 49.3 Å². The molecule has 1 amide bonds. The van der Waals surface area contributed by atoms with Crippen LogP contribution in [0.25, 0.3) is 0 Å². The summed E-state index contributed by atoms with van der Waals surface area (Å²) in [6, 6.07) is 12.2. The zero-order chi connectivity index (χ0) is 25.9. The van der Waals surface area contributed by atoms with Crippen LogP contribution >= 0.6 is 0 Å². The lowest BCUT2D eigenvalue weighted by molar-refractivity contribution is -0.130. The number of hydrogen-bond donors (Lipinski definition) is 2. The average molecular weight is 518 g/mol. The minimum absolute atomic E-state index is 0.0631. The molecular formula is C26H29F2N3O4S. The normalized spacial score (nSPS) is 25.0. The van der Waals surface area contributed by atoms with E-state index in [2.05, 4.69) is 10.6 Å². The van der Waals surface area contributed by atoms with Gasteiger partial charge in [0.25, 0.3) is 0 Å². The third kappa shape index (κ3) is 4.88. The van der Waals surface area contributed by atoms with Crippen LogP contribution in [0.5, 0.6) is 0 Å². The summed E-state index contributed by atoms with van der Waals surface area (Å²) in [5.74, 6) is -2.11. The highest BCUT2D eigenvalue weighted by molar-refractivity contribution is 7.92. The zero-order valence-corrected chi connectivity index (χ0v) is 20.8. The minimum Gasteiger partial charge on any atom is -0.381 e. The maximum atomic E-state index is 15.5. The number of ether oxygens (including phenoxy) is 1. The average Bonchev–Trinajstić information content (AvgIpc) is 2.87. The first kappa shape index (κ1) is 26.2. The maximum Gasteiger partial charge on any atom is 0.231 e. The SMILES string of the molecule is C[C@@H]1NC[C@@H](c2ccccc2)S(=O)(=O)C1Cc1cc(F)c(C2(C(=O)NCC#N)CCOCC2)cc1F. The summed E-state index contributed by atoms with van der Waals surface area (Å²) in [6.45, 7) is 2.09. The lowest BCUT2D eigenvalue weighted by Gasteiger charge is -2.37. The van der Waals surface area contributed by atoms with Crippen LogP contribution in [0.2, 0.25) is 0 Å². The van der Waals surface area contributed by atoms with Gasteiger partial charge in [-0.15, -0.1) is 0 Å². The van der Waals surface area contributed by atoms with Gasteiger partial charge in [0.1, 0.15) is 18.2 Å². The van der Waals surface area contributed by atoms with Gasteiger partial charge in [-0.25, -0.2) is 17.2 Å². The van der Waals surface area contributed by atoms with Crippen molar-refractivity contribution in [1.82, 2.24) is 10.6 Å².